The summed E-state index contributed by atoms with van der Waals surface area (Å²) in [6.07, 6.45) is -0.607. The normalized spacial score (nSPS) is 14.6. The number of rotatable bonds is 6. The second kappa shape index (κ2) is 7.10. The molecule has 1 saturated heterocycles. The van der Waals surface area contributed by atoms with E-state index in [1.807, 2.05) is 24.3 Å². The molecule has 0 unspecified atom stereocenters. The number of hydrogen-bond acceptors (Lipinski definition) is 6. The first-order valence-corrected chi connectivity index (χ1v) is 8.02. The minimum atomic E-state index is -2.81. The number of hydrogen-bond donors (Lipinski definition) is 1. The summed E-state index contributed by atoms with van der Waals surface area (Å²) >= 11 is 1.29. The van der Waals surface area contributed by atoms with Gasteiger partial charge in [-0.15, -0.1) is 11.3 Å². The molecule has 0 bridgehead atoms. The van der Waals surface area contributed by atoms with Crippen molar-refractivity contribution in [2.75, 3.05) is 25.5 Å². The fourth-order valence-corrected chi connectivity index (χ4v) is 2.93. The van der Waals surface area contributed by atoms with Crippen molar-refractivity contribution >= 4 is 28.1 Å². The fraction of sp³-hybridized carbons (Fsp3) is 0.333. The number of alkyl halides is 2. The molecule has 128 valence electrons. The molecule has 0 spiro atoms. The molecular formula is C15H15F2N3O3S. The lowest BCUT2D eigenvalue weighted by atomic mass is 10.1. The Morgan fingerprint density at radius 3 is 2.71 bits per heavy atom. The number of nitrogens with one attached hydrogen (secondary N) is 1. The third-order valence-electron chi connectivity index (χ3n) is 3.50. The molecule has 1 aliphatic heterocycles. The summed E-state index contributed by atoms with van der Waals surface area (Å²) in [6, 6.07) is 7.29. The number of carbonyl (C=O) groups is 1. The van der Waals surface area contributed by atoms with Crippen molar-refractivity contribution in [3.63, 3.8) is 0 Å². The van der Waals surface area contributed by atoms with Gasteiger partial charge in [-0.2, -0.15) is 8.78 Å². The SMILES string of the molecule is COc1ccc(Nc2nc(C(=O)N3CC(OC(F)F)C3)cs2)cc1. The summed E-state index contributed by atoms with van der Waals surface area (Å²) in [6.45, 7) is -2.50. The van der Waals surface area contributed by atoms with Gasteiger partial charge in [0.1, 0.15) is 11.4 Å². The summed E-state index contributed by atoms with van der Waals surface area (Å²) in [5, 5.41) is 5.31. The van der Waals surface area contributed by atoms with Gasteiger partial charge in [0.25, 0.3) is 5.91 Å². The first kappa shape index (κ1) is 16.6. The van der Waals surface area contributed by atoms with Crippen molar-refractivity contribution in [3.8, 4) is 5.75 Å². The van der Waals surface area contributed by atoms with Gasteiger partial charge in [0.2, 0.25) is 0 Å². The Balaban J connectivity index is 1.56. The Bertz CT molecular complexity index is 702. The van der Waals surface area contributed by atoms with Gasteiger partial charge in [0.15, 0.2) is 5.13 Å². The van der Waals surface area contributed by atoms with Crippen LogP contribution in [-0.2, 0) is 4.74 Å². The maximum Gasteiger partial charge on any atom is 0.345 e. The van der Waals surface area contributed by atoms with Crippen LogP contribution in [0.25, 0.3) is 0 Å². The smallest absolute Gasteiger partial charge is 0.345 e. The van der Waals surface area contributed by atoms with Crippen LogP contribution in [-0.4, -0.2) is 48.7 Å². The minimum Gasteiger partial charge on any atom is -0.497 e. The molecule has 2 heterocycles. The first-order valence-electron chi connectivity index (χ1n) is 7.14. The Labute approximate surface area is 141 Å². The second-order valence-corrected chi connectivity index (χ2v) is 5.98. The zero-order valence-electron chi connectivity index (χ0n) is 12.7. The van der Waals surface area contributed by atoms with Crippen LogP contribution in [0, 0.1) is 0 Å². The Morgan fingerprint density at radius 1 is 1.38 bits per heavy atom. The highest BCUT2D eigenvalue weighted by atomic mass is 32.1. The molecule has 1 N–H and O–H groups in total. The van der Waals surface area contributed by atoms with Crippen molar-refractivity contribution in [1.82, 2.24) is 9.88 Å². The van der Waals surface area contributed by atoms with Crippen molar-refractivity contribution in [2.24, 2.45) is 0 Å². The van der Waals surface area contributed by atoms with Crippen LogP contribution in [0.15, 0.2) is 29.6 Å². The van der Waals surface area contributed by atoms with E-state index >= 15 is 0 Å². The van der Waals surface area contributed by atoms with E-state index in [-0.39, 0.29) is 24.7 Å². The molecule has 0 radical (unpaired) electrons. The van der Waals surface area contributed by atoms with Gasteiger partial charge < -0.3 is 19.7 Å². The number of ether oxygens (including phenoxy) is 2. The van der Waals surface area contributed by atoms with E-state index in [2.05, 4.69) is 15.0 Å². The number of benzene rings is 1. The second-order valence-electron chi connectivity index (χ2n) is 5.12. The molecule has 1 aromatic heterocycles. The average Bonchev–Trinajstić information content (AvgIpc) is 2.99. The maximum absolute atomic E-state index is 12.2. The molecule has 2 aromatic rings. The van der Waals surface area contributed by atoms with Crippen LogP contribution in [0.5, 0.6) is 5.75 Å². The van der Waals surface area contributed by atoms with Gasteiger partial charge in [-0.3, -0.25) is 4.79 Å². The predicted octanol–water partition coefficient (Wildman–Crippen LogP) is 2.96. The zero-order chi connectivity index (χ0) is 17.1. The van der Waals surface area contributed by atoms with E-state index < -0.39 is 12.7 Å². The maximum atomic E-state index is 12.2. The largest absolute Gasteiger partial charge is 0.497 e. The number of carbonyl (C=O) groups excluding carboxylic acids is 1. The Morgan fingerprint density at radius 2 is 2.08 bits per heavy atom. The number of anilines is 2. The quantitative estimate of drug-likeness (QED) is 0.863. The lowest BCUT2D eigenvalue weighted by molar-refractivity contribution is -0.189. The van der Waals surface area contributed by atoms with E-state index in [4.69, 9.17) is 4.74 Å². The van der Waals surface area contributed by atoms with Crippen molar-refractivity contribution in [2.45, 2.75) is 12.7 Å². The molecule has 1 aromatic carbocycles. The Hall–Kier alpha value is -2.26. The molecule has 1 amide bonds. The fourth-order valence-electron chi connectivity index (χ4n) is 2.22. The highest BCUT2D eigenvalue weighted by Crippen LogP contribution is 2.25. The number of thiazole rings is 1. The van der Waals surface area contributed by atoms with E-state index in [1.54, 1.807) is 12.5 Å². The Kier molecular flexibility index (Phi) is 4.91. The molecule has 0 saturated carbocycles. The van der Waals surface area contributed by atoms with Crippen molar-refractivity contribution in [1.29, 1.82) is 0 Å². The van der Waals surface area contributed by atoms with Crippen LogP contribution in [0.1, 0.15) is 10.5 Å². The number of likely N-dealkylation sites (tertiary alicyclic amines) is 1. The van der Waals surface area contributed by atoms with Gasteiger partial charge >= 0.3 is 6.61 Å². The average molecular weight is 355 g/mol. The molecule has 0 aliphatic carbocycles. The van der Waals surface area contributed by atoms with Gasteiger partial charge in [-0.05, 0) is 24.3 Å². The number of halogens is 2. The third-order valence-corrected chi connectivity index (χ3v) is 4.25. The summed E-state index contributed by atoms with van der Waals surface area (Å²) in [7, 11) is 1.59. The van der Waals surface area contributed by atoms with Gasteiger partial charge in [-0.1, -0.05) is 0 Å². The zero-order valence-corrected chi connectivity index (χ0v) is 13.6. The topological polar surface area (TPSA) is 63.7 Å². The lowest BCUT2D eigenvalue weighted by Crippen LogP contribution is -2.55. The van der Waals surface area contributed by atoms with Gasteiger partial charge in [0, 0.05) is 24.2 Å². The standard InChI is InChI=1S/C15H15F2N3O3S/c1-22-10-4-2-9(3-5-10)18-15-19-12(8-24-15)13(21)20-6-11(7-20)23-14(16)17/h2-5,8,11,14H,6-7H2,1H3,(H,18,19). The molecular weight excluding hydrogens is 340 g/mol. The third kappa shape index (κ3) is 3.80. The molecule has 24 heavy (non-hydrogen) atoms. The summed E-state index contributed by atoms with van der Waals surface area (Å²) in [4.78, 5) is 17.9. The minimum absolute atomic E-state index is 0.155. The highest BCUT2D eigenvalue weighted by molar-refractivity contribution is 7.14. The molecule has 1 aliphatic rings. The van der Waals surface area contributed by atoms with E-state index in [0.29, 0.717) is 5.13 Å². The molecule has 6 nitrogen and oxygen atoms in total. The van der Waals surface area contributed by atoms with E-state index in [9.17, 15) is 13.6 Å². The van der Waals surface area contributed by atoms with Crippen LogP contribution < -0.4 is 10.1 Å². The highest BCUT2D eigenvalue weighted by Gasteiger charge is 2.34. The number of amides is 1. The first-order chi connectivity index (χ1) is 11.5. The number of nitrogens with zero attached hydrogens (tertiary/aromatic N) is 2. The predicted molar refractivity (Wildman–Crippen MR) is 85.2 cm³/mol. The van der Waals surface area contributed by atoms with E-state index in [1.165, 1.54) is 16.2 Å². The van der Waals surface area contributed by atoms with Crippen LogP contribution in [0.2, 0.25) is 0 Å². The van der Waals surface area contributed by atoms with Crippen LogP contribution in [0.4, 0.5) is 19.6 Å². The summed E-state index contributed by atoms with van der Waals surface area (Å²) < 4.78 is 33.5. The van der Waals surface area contributed by atoms with Crippen molar-refractivity contribution < 1.29 is 23.0 Å². The summed E-state index contributed by atoms with van der Waals surface area (Å²) in [5.74, 6) is 0.456. The molecule has 0 atom stereocenters. The van der Waals surface area contributed by atoms with Crippen LogP contribution in [0.3, 0.4) is 0 Å². The summed E-state index contributed by atoms with van der Waals surface area (Å²) in [5.41, 5.74) is 1.10. The number of aromatic nitrogens is 1. The van der Waals surface area contributed by atoms with Crippen molar-refractivity contribution in [3.05, 3.63) is 35.3 Å². The molecule has 1 fully saturated rings. The molecule has 9 heteroatoms. The van der Waals surface area contributed by atoms with Crippen LogP contribution >= 0.6 is 11.3 Å². The van der Waals surface area contributed by atoms with Gasteiger partial charge in [0.05, 0.1) is 13.2 Å². The van der Waals surface area contributed by atoms with E-state index in [0.717, 1.165) is 11.4 Å². The monoisotopic (exact) mass is 355 g/mol. The van der Waals surface area contributed by atoms with Gasteiger partial charge in [-0.25, -0.2) is 4.98 Å². The lowest BCUT2D eigenvalue weighted by Gasteiger charge is -2.38. The molecule has 3 rings (SSSR count). The number of methoxy groups -OCH3 is 1.